The Morgan fingerprint density at radius 2 is 1.97 bits per heavy atom. The van der Waals surface area contributed by atoms with Crippen LogP contribution < -0.4 is 20.7 Å². The molecule has 3 N–H and O–H groups in total. The lowest BCUT2D eigenvalue weighted by Crippen LogP contribution is -2.46. The van der Waals surface area contributed by atoms with Gasteiger partial charge in [-0.05, 0) is 44.4 Å². The van der Waals surface area contributed by atoms with E-state index in [4.69, 9.17) is 4.74 Å². The molecule has 1 aromatic carbocycles. The van der Waals surface area contributed by atoms with E-state index in [-0.39, 0.29) is 24.3 Å². The van der Waals surface area contributed by atoms with Crippen LogP contribution in [-0.2, 0) is 27.5 Å². The molecular weight excluding hydrogens is 478 g/mol. The number of carbonyl (C=O) groups excluding carboxylic acids is 4. The molecule has 198 valence electrons. The van der Waals surface area contributed by atoms with Crippen LogP contribution in [0.25, 0.3) is 0 Å². The van der Waals surface area contributed by atoms with Gasteiger partial charge in [-0.25, -0.2) is 0 Å². The van der Waals surface area contributed by atoms with E-state index in [9.17, 15) is 19.2 Å². The van der Waals surface area contributed by atoms with E-state index in [1.54, 1.807) is 34.8 Å². The number of aromatic nitrogens is 3. The standard InChI is InChI=1S/C25H33N7O5/c1-16-5-6-19-21(13-16)37-12-4-11-32-15-18(29-30-32)14-31(25(36)20-7-8-22(33)28-20)10-3-9-26-23(34)17(2)27-24(19)35/h5-6,13,15,17,20H,3-4,7-12,14H2,1-2H3,(H,26,34)(H,27,35)(H,28,33)/t17-,20-/m1/s1. The Balaban J connectivity index is 1.50. The molecule has 12 heteroatoms. The number of hydrogen-bond donors (Lipinski definition) is 3. The van der Waals surface area contributed by atoms with Crippen molar-refractivity contribution >= 4 is 23.6 Å². The van der Waals surface area contributed by atoms with E-state index < -0.39 is 18.0 Å². The van der Waals surface area contributed by atoms with Crippen LogP contribution >= 0.6 is 0 Å². The van der Waals surface area contributed by atoms with Gasteiger partial charge in [0.2, 0.25) is 17.7 Å². The van der Waals surface area contributed by atoms with Crippen molar-refractivity contribution in [3.63, 3.8) is 0 Å². The normalized spacial score (nSPS) is 21.9. The van der Waals surface area contributed by atoms with Gasteiger partial charge in [-0.1, -0.05) is 11.3 Å². The third-order valence-corrected chi connectivity index (χ3v) is 6.36. The van der Waals surface area contributed by atoms with Crippen LogP contribution in [0, 0.1) is 6.92 Å². The minimum Gasteiger partial charge on any atom is -0.493 e. The third-order valence-electron chi connectivity index (χ3n) is 6.36. The molecule has 1 aromatic heterocycles. The number of nitrogens with zero attached hydrogens (tertiary/aromatic N) is 4. The Labute approximate surface area is 215 Å². The molecule has 0 spiro atoms. The quantitative estimate of drug-likeness (QED) is 0.499. The summed E-state index contributed by atoms with van der Waals surface area (Å²) in [5, 5.41) is 16.6. The molecule has 12 nitrogen and oxygen atoms in total. The van der Waals surface area contributed by atoms with E-state index in [1.165, 1.54) is 0 Å². The van der Waals surface area contributed by atoms with Crippen LogP contribution in [0.3, 0.4) is 0 Å². The first-order valence-corrected chi connectivity index (χ1v) is 12.6. The Kier molecular flexibility index (Phi) is 8.36. The molecule has 2 aliphatic heterocycles. The van der Waals surface area contributed by atoms with Crippen LogP contribution in [0.4, 0.5) is 0 Å². The summed E-state index contributed by atoms with van der Waals surface area (Å²) in [7, 11) is 0. The lowest BCUT2D eigenvalue weighted by Gasteiger charge is -2.25. The maximum Gasteiger partial charge on any atom is 0.255 e. The molecule has 2 aliphatic rings. The second-order valence-electron chi connectivity index (χ2n) is 9.43. The third kappa shape index (κ3) is 6.83. The largest absolute Gasteiger partial charge is 0.493 e. The monoisotopic (exact) mass is 511 g/mol. The van der Waals surface area contributed by atoms with Crippen molar-refractivity contribution in [1.82, 2.24) is 35.8 Å². The van der Waals surface area contributed by atoms with Crippen molar-refractivity contribution in [3.05, 3.63) is 41.2 Å². The molecule has 1 fully saturated rings. The van der Waals surface area contributed by atoms with Crippen molar-refractivity contribution < 1.29 is 23.9 Å². The first-order valence-electron chi connectivity index (χ1n) is 12.6. The molecule has 37 heavy (non-hydrogen) atoms. The van der Waals surface area contributed by atoms with Gasteiger partial charge in [0.25, 0.3) is 5.91 Å². The maximum atomic E-state index is 13.1. The summed E-state index contributed by atoms with van der Waals surface area (Å²) in [6, 6.07) is 3.99. The van der Waals surface area contributed by atoms with E-state index in [1.807, 2.05) is 13.0 Å². The van der Waals surface area contributed by atoms with E-state index in [2.05, 4.69) is 26.3 Å². The zero-order valence-corrected chi connectivity index (χ0v) is 21.2. The summed E-state index contributed by atoms with van der Waals surface area (Å²) in [5.41, 5.74) is 1.94. The Morgan fingerprint density at radius 3 is 2.76 bits per heavy atom. The number of nitrogens with one attached hydrogen (secondary N) is 3. The fraction of sp³-hybridized carbons (Fsp3) is 0.520. The lowest BCUT2D eigenvalue weighted by molar-refractivity contribution is -0.135. The molecule has 2 aromatic rings. The van der Waals surface area contributed by atoms with Crippen molar-refractivity contribution in [2.45, 2.75) is 64.7 Å². The Bertz CT molecular complexity index is 1160. The fourth-order valence-corrected chi connectivity index (χ4v) is 4.32. The number of rotatable bonds is 1. The SMILES string of the molecule is Cc1ccc2c(c1)OCCCn1cc(nn1)CN(C(=O)[C@H]1CCC(=O)N1)CCCNC(=O)[C@@H](C)NC2=O. The highest BCUT2D eigenvalue weighted by Gasteiger charge is 2.31. The van der Waals surface area contributed by atoms with Gasteiger partial charge in [0.1, 0.15) is 23.5 Å². The highest BCUT2D eigenvalue weighted by atomic mass is 16.5. The molecule has 2 bridgehead atoms. The van der Waals surface area contributed by atoms with Crippen LogP contribution in [0.1, 0.15) is 54.2 Å². The molecule has 0 saturated carbocycles. The summed E-state index contributed by atoms with van der Waals surface area (Å²) in [5.74, 6) is -0.587. The van der Waals surface area contributed by atoms with Crippen molar-refractivity contribution in [2.24, 2.45) is 0 Å². The average Bonchev–Trinajstić information content (AvgIpc) is 3.51. The van der Waals surface area contributed by atoms with Gasteiger partial charge in [-0.3, -0.25) is 23.9 Å². The summed E-state index contributed by atoms with van der Waals surface area (Å²) >= 11 is 0. The van der Waals surface area contributed by atoms with E-state index in [0.717, 1.165) is 5.56 Å². The van der Waals surface area contributed by atoms with Crippen LogP contribution in [0.5, 0.6) is 5.75 Å². The van der Waals surface area contributed by atoms with Gasteiger partial charge in [0, 0.05) is 32.5 Å². The fourth-order valence-electron chi connectivity index (χ4n) is 4.32. The minimum absolute atomic E-state index is 0.135. The highest BCUT2D eigenvalue weighted by Crippen LogP contribution is 2.21. The highest BCUT2D eigenvalue weighted by molar-refractivity contribution is 5.99. The van der Waals surface area contributed by atoms with Gasteiger partial charge in [-0.15, -0.1) is 5.10 Å². The average molecular weight is 512 g/mol. The van der Waals surface area contributed by atoms with Crippen LogP contribution in [-0.4, -0.2) is 75.3 Å². The number of hydrogen-bond acceptors (Lipinski definition) is 7. The molecule has 0 radical (unpaired) electrons. The predicted molar refractivity (Wildman–Crippen MR) is 132 cm³/mol. The van der Waals surface area contributed by atoms with E-state index >= 15 is 0 Å². The van der Waals surface area contributed by atoms with Gasteiger partial charge in [0.15, 0.2) is 0 Å². The first-order chi connectivity index (χ1) is 17.8. The summed E-state index contributed by atoms with van der Waals surface area (Å²) in [6.45, 7) is 5.34. The van der Waals surface area contributed by atoms with Gasteiger partial charge < -0.3 is 25.6 Å². The maximum absolute atomic E-state index is 13.1. The smallest absolute Gasteiger partial charge is 0.255 e. The molecule has 4 amide bonds. The van der Waals surface area contributed by atoms with Crippen LogP contribution in [0.15, 0.2) is 24.4 Å². The molecule has 4 rings (SSSR count). The number of carbonyl (C=O) groups is 4. The molecule has 1 saturated heterocycles. The van der Waals surface area contributed by atoms with Crippen molar-refractivity contribution in [2.75, 3.05) is 19.7 Å². The number of ether oxygens (including phenoxy) is 1. The lowest BCUT2D eigenvalue weighted by atomic mass is 10.1. The van der Waals surface area contributed by atoms with Crippen LogP contribution in [0.2, 0.25) is 0 Å². The van der Waals surface area contributed by atoms with Gasteiger partial charge in [0.05, 0.1) is 24.9 Å². The Hall–Kier alpha value is -3.96. The first kappa shape index (κ1) is 26.1. The number of benzene rings is 1. The Morgan fingerprint density at radius 1 is 1.14 bits per heavy atom. The summed E-state index contributed by atoms with van der Waals surface area (Å²) in [6.07, 6.45) is 3.68. The molecule has 0 aliphatic carbocycles. The number of aryl methyl sites for hydroxylation is 2. The van der Waals surface area contributed by atoms with Crippen molar-refractivity contribution in [3.8, 4) is 5.75 Å². The molecule has 3 heterocycles. The van der Waals surface area contributed by atoms with E-state index in [0.29, 0.717) is 68.9 Å². The van der Waals surface area contributed by atoms with Gasteiger partial charge in [-0.2, -0.15) is 0 Å². The second-order valence-corrected chi connectivity index (χ2v) is 9.43. The topological polar surface area (TPSA) is 148 Å². The zero-order valence-electron chi connectivity index (χ0n) is 21.2. The summed E-state index contributed by atoms with van der Waals surface area (Å²) < 4.78 is 7.61. The minimum atomic E-state index is -0.760. The zero-order chi connectivity index (χ0) is 26.4. The number of fused-ring (bicyclic) bond motifs is 3. The molecule has 0 unspecified atom stereocenters. The summed E-state index contributed by atoms with van der Waals surface area (Å²) in [4.78, 5) is 51.9. The second kappa shape index (κ2) is 11.8. The molecular formula is C25H33N7O5. The molecule has 2 atom stereocenters. The van der Waals surface area contributed by atoms with Crippen molar-refractivity contribution in [1.29, 1.82) is 0 Å². The number of amides is 4. The van der Waals surface area contributed by atoms with Gasteiger partial charge >= 0.3 is 0 Å². The predicted octanol–water partition coefficient (Wildman–Crippen LogP) is 0.301.